The van der Waals surface area contributed by atoms with E-state index in [1.165, 1.54) is 24.6 Å². The number of unbranched alkanes of at least 4 members (excludes halogenated alkanes) is 1. The van der Waals surface area contributed by atoms with Gasteiger partial charge in [-0.05, 0) is 24.0 Å². The van der Waals surface area contributed by atoms with Crippen molar-refractivity contribution < 1.29 is 9.72 Å². The minimum Gasteiger partial charge on any atom is -0.352 e. The molecule has 0 aliphatic heterocycles. The molecule has 5 nitrogen and oxygen atoms in total. The zero-order valence-corrected chi connectivity index (χ0v) is 13.2. The van der Waals surface area contributed by atoms with E-state index in [1.807, 2.05) is 0 Å². The number of rotatable bonds is 9. The smallest absolute Gasteiger partial charge is 0.270 e. The summed E-state index contributed by atoms with van der Waals surface area (Å²) in [6, 6.07) is 6.21. The molecule has 1 N–H and O–H groups in total. The molecule has 1 aromatic rings. The first-order valence-electron chi connectivity index (χ1n) is 7.77. The zero-order chi connectivity index (χ0) is 16.4. The number of nitro benzene ring substituents is 1. The normalized spacial score (nSPS) is 12.3. The zero-order valence-electron chi connectivity index (χ0n) is 13.2. The number of benzene rings is 1. The Hall–Kier alpha value is -2.17. The summed E-state index contributed by atoms with van der Waals surface area (Å²) in [6.07, 6.45) is 7.53. The van der Waals surface area contributed by atoms with Gasteiger partial charge < -0.3 is 5.32 Å². The predicted molar refractivity (Wildman–Crippen MR) is 88.4 cm³/mol. The van der Waals surface area contributed by atoms with Gasteiger partial charge in [0.15, 0.2) is 0 Å². The third-order valence-corrected chi connectivity index (χ3v) is 3.62. The SMILES string of the molecule is CCCC[C@H](CC)CNC(=O)/C=C/c1cccc([N+](=O)[O-])c1. The first-order chi connectivity index (χ1) is 10.6. The maximum atomic E-state index is 11.8. The summed E-state index contributed by atoms with van der Waals surface area (Å²) in [5.41, 5.74) is 0.663. The molecule has 0 heterocycles. The van der Waals surface area contributed by atoms with Crippen molar-refractivity contribution in [2.24, 2.45) is 5.92 Å². The summed E-state index contributed by atoms with van der Waals surface area (Å²) in [5, 5.41) is 13.6. The molecule has 0 bridgehead atoms. The van der Waals surface area contributed by atoms with Crippen LogP contribution in [0, 0.1) is 16.0 Å². The Bertz CT molecular complexity index is 526. The van der Waals surface area contributed by atoms with Gasteiger partial charge in [-0.2, -0.15) is 0 Å². The summed E-state index contributed by atoms with van der Waals surface area (Å²) in [4.78, 5) is 22.0. The average Bonchev–Trinajstić information content (AvgIpc) is 2.53. The Kier molecular flexibility index (Phi) is 7.89. The van der Waals surface area contributed by atoms with Gasteiger partial charge in [0.1, 0.15) is 0 Å². The second kappa shape index (κ2) is 9.71. The van der Waals surface area contributed by atoms with Crippen LogP contribution < -0.4 is 5.32 Å². The molecule has 1 rings (SSSR count). The lowest BCUT2D eigenvalue weighted by atomic mass is 9.99. The van der Waals surface area contributed by atoms with Crippen molar-refractivity contribution in [1.82, 2.24) is 5.32 Å². The van der Waals surface area contributed by atoms with Gasteiger partial charge in [-0.15, -0.1) is 0 Å². The van der Waals surface area contributed by atoms with Gasteiger partial charge in [-0.25, -0.2) is 0 Å². The van der Waals surface area contributed by atoms with Gasteiger partial charge in [0, 0.05) is 24.8 Å². The second-order valence-electron chi connectivity index (χ2n) is 5.35. The number of amides is 1. The van der Waals surface area contributed by atoms with Crippen LogP contribution in [0.15, 0.2) is 30.3 Å². The van der Waals surface area contributed by atoms with Gasteiger partial charge in [-0.1, -0.05) is 45.2 Å². The highest BCUT2D eigenvalue weighted by Gasteiger charge is 2.07. The van der Waals surface area contributed by atoms with E-state index in [-0.39, 0.29) is 11.6 Å². The van der Waals surface area contributed by atoms with E-state index in [4.69, 9.17) is 0 Å². The Morgan fingerprint density at radius 2 is 2.18 bits per heavy atom. The van der Waals surface area contributed by atoms with Gasteiger partial charge in [-0.3, -0.25) is 14.9 Å². The average molecular weight is 304 g/mol. The third kappa shape index (κ3) is 6.52. The topological polar surface area (TPSA) is 72.2 Å². The van der Waals surface area contributed by atoms with Crippen LogP contribution in [0.2, 0.25) is 0 Å². The van der Waals surface area contributed by atoms with Crippen molar-refractivity contribution in [2.45, 2.75) is 39.5 Å². The summed E-state index contributed by atoms with van der Waals surface area (Å²) in [7, 11) is 0. The van der Waals surface area contributed by atoms with Crippen LogP contribution in [-0.2, 0) is 4.79 Å². The minimum atomic E-state index is -0.447. The minimum absolute atomic E-state index is 0.0215. The van der Waals surface area contributed by atoms with Crippen molar-refractivity contribution in [3.63, 3.8) is 0 Å². The number of non-ortho nitro benzene ring substituents is 1. The summed E-state index contributed by atoms with van der Waals surface area (Å²) in [5.74, 6) is 0.344. The fraction of sp³-hybridized carbons (Fsp3) is 0.471. The van der Waals surface area contributed by atoms with Gasteiger partial charge in [0.25, 0.3) is 5.69 Å². The van der Waals surface area contributed by atoms with Gasteiger partial charge >= 0.3 is 0 Å². The molecule has 0 spiro atoms. The molecule has 0 radical (unpaired) electrons. The van der Waals surface area contributed by atoms with E-state index >= 15 is 0 Å². The summed E-state index contributed by atoms with van der Waals surface area (Å²) < 4.78 is 0. The first kappa shape index (κ1) is 17.9. The highest BCUT2D eigenvalue weighted by Crippen LogP contribution is 2.14. The number of nitro groups is 1. The number of nitrogens with zero attached hydrogens (tertiary/aromatic N) is 1. The van der Waals surface area contributed by atoms with Crippen LogP contribution in [0.3, 0.4) is 0 Å². The largest absolute Gasteiger partial charge is 0.352 e. The van der Waals surface area contributed by atoms with Crippen molar-refractivity contribution in [3.8, 4) is 0 Å². The van der Waals surface area contributed by atoms with Gasteiger partial charge in [0.05, 0.1) is 4.92 Å². The quantitative estimate of drug-likeness (QED) is 0.426. The van der Waals surface area contributed by atoms with Crippen LogP contribution in [0.1, 0.15) is 45.1 Å². The molecule has 0 aliphatic carbocycles. The molecule has 120 valence electrons. The second-order valence-corrected chi connectivity index (χ2v) is 5.35. The third-order valence-electron chi connectivity index (χ3n) is 3.62. The summed E-state index contributed by atoms with van der Waals surface area (Å²) in [6.45, 7) is 4.97. The molecular weight excluding hydrogens is 280 g/mol. The molecule has 22 heavy (non-hydrogen) atoms. The number of hydrogen-bond donors (Lipinski definition) is 1. The molecule has 1 amide bonds. The Morgan fingerprint density at radius 1 is 1.41 bits per heavy atom. The van der Waals surface area contributed by atoms with Crippen molar-refractivity contribution in [2.75, 3.05) is 6.54 Å². The van der Waals surface area contributed by atoms with Crippen LogP contribution in [0.25, 0.3) is 6.08 Å². The van der Waals surface area contributed by atoms with Crippen LogP contribution in [-0.4, -0.2) is 17.4 Å². The van der Waals surface area contributed by atoms with E-state index in [9.17, 15) is 14.9 Å². The van der Waals surface area contributed by atoms with Crippen molar-refractivity contribution >= 4 is 17.7 Å². The maximum absolute atomic E-state index is 11.8. The summed E-state index contributed by atoms with van der Waals surface area (Å²) >= 11 is 0. The van der Waals surface area contributed by atoms with Crippen molar-refractivity contribution in [3.05, 3.63) is 46.0 Å². The standard InChI is InChI=1S/C17H24N2O3/c1-3-5-7-14(4-2)13-18-17(20)11-10-15-8-6-9-16(12-15)19(21)22/h6,8-12,14H,3-5,7,13H2,1-2H3,(H,18,20)/b11-10+/t14-/m0/s1. The predicted octanol–water partition coefficient (Wildman–Crippen LogP) is 3.94. The molecule has 0 aromatic heterocycles. The first-order valence-corrected chi connectivity index (χ1v) is 7.77. The van der Waals surface area contributed by atoms with Crippen LogP contribution in [0.4, 0.5) is 5.69 Å². The van der Waals surface area contributed by atoms with E-state index in [2.05, 4.69) is 19.2 Å². The fourth-order valence-corrected chi connectivity index (χ4v) is 2.16. The van der Waals surface area contributed by atoms with Crippen molar-refractivity contribution in [1.29, 1.82) is 0 Å². The molecule has 0 aliphatic rings. The highest BCUT2D eigenvalue weighted by molar-refractivity contribution is 5.91. The molecule has 1 atom stereocenters. The molecule has 0 fully saturated rings. The molecular formula is C17H24N2O3. The number of carbonyl (C=O) groups is 1. The monoisotopic (exact) mass is 304 g/mol. The molecule has 0 saturated heterocycles. The lowest BCUT2D eigenvalue weighted by Gasteiger charge is -2.14. The molecule has 5 heteroatoms. The Morgan fingerprint density at radius 3 is 2.82 bits per heavy atom. The van der Waals surface area contributed by atoms with E-state index < -0.39 is 4.92 Å². The van der Waals surface area contributed by atoms with E-state index in [0.717, 1.165) is 19.3 Å². The lowest BCUT2D eigenvalue weighted by molar-refractivity contribution is -0.384. The van der Waals surface area contributed by atoms with Gasteiger partial charge in [0.2, 0.25) is 5.91 Å². The number of hydrogen-bond acceptors (Lipinski definition) is 3. The number of nitrogens with one attached hydrogen (secondary N) is 1. The van der Waals surface area contributed by atoms with E-state index in [1.54, 1.807) is 18.2 Å². The Labute approximate surface area is 131 Å². The van der Waals surface area contributed by atoms with Crippen LogP contribution >= 0.6 is 0 Å². The fourth-order valence-electron chi connectivity index (χ4n) is 2.16. The Balaban J connectivity index is 2.50. The lowest BCUT2D eigenvalue weighted by Crippen LogP contribution is -2.27. The molecule has 1 aromatic carbocycles. The highest BCUT2D eigenvalue weighted by atomic mass is 16.6. The van der Waals surface area contributed by atoms with E-state index in [0.29, 0.717) is 18.0 Å². The van der Waals surface area contributed by atoms with Crippen LogP contribution in [0.5, 0.6) is 0 Å². The number of carbonyl (C=O) groups excluding carboxylic acids is 1. The molecule has 0 unspecified atom stereocenters. The molecule has 0 saturated carbocycles. The maximum Gasteiger partial charge on any atom is 0.270 e.